The molecule has 0 aromatic carbocycles. The van der Waals surface area contributed by atoms with Gasteiger partial charge in [-0.05, 0) is 25.7 Å². The largest absolute Gasteiger partial charge is 0.445 e. The van der Waals surface area contributed by atoms with Crippen molar-refractivity contribution < 1.29 is 14.3 Å². The maximum absolute atomic E-state index is 11.6. The summed E-state index contributed by atoms with van der Waals surface area (Å²) in [7, 11) is 0. The highest BCUT2D eigenvalue weighted by molar-refractivity contribution is 5.67. The Morgan fingerprint density at radius 2 is 2.25 bits per heavy atom. The molecule has 2 aliphatic heterocycles. The van der Waals surface area contributed by atoms with Gasteiger partial charge in [0.15, 0.2) is 0 Å². The molecule has 2 aliphatic rings. The van der Waals surface area contributed by atoms with Gasteiger partial charge in [-0.25, -0.2) is 4.79 Å². The van der Waals surface area contributed by atoms with Crippen molar-refractivity contribution in [3.63, 3.8) is 0 Å². The summed E-state index contributed by atoms with van der Waals surface area (Å²) in [6.45, 7) is 6.22. The molecule has 1 amide bonds. The van der Waals surface area contributed by atoms with Gasteiger partial charge < -0.3 is 14.4 Å². The van der Waals surface area contributed by atoms with E-state index in [-0.39, 0.29) is 18.3 Å². The number of hydrogen-bond donors (Lipinski definition) is 0. The van der Waals surface area contributed by atoms with Crippen LogP contribution < -0.4 is 0 Å². The number of carbonyl (C=O) groups is 1. The van der Waals surface area contributed by atoms with E-state index in [1.807, 2.05) is 0 Å². The Balaban J connectivity index is 1.83. The molecule has 0 N–H and O–H groups in total. The van der Waals surface area contributed by atoms with E-state index in [2.05, 4.69) is 6.58 Å². The third-order valence-electron chi connectivity index (χ3n) is 3.45. The van der Waals surface area contributed by atoms with Gasteiger partial charge in [-0.3, -0.25) is 0 Å². The average molecular weight is 225 g/mol. The number of nitrogens with zero attached hydrogens (tertiary/aromatic N) is 1. The average Bonchev–Trinajstić information content (AvgIpc) is 2.47. The minimum Gasteiger partial charge on any atom is -0.445 e. The van der Waals surface area contributed by atoms with Gasteiger partial charge in [0.1, 0.15) is 6.61 Å². The Bertz CT molecular complexity index is 273. The summed E-state index contributed by atoms with van der Waals surface area (Å²) in [5.74, 6) is 0. The van der Waals surface area contributed by atoms with Crippen molar-refractivity contribution in [2.24, 2.45) is 0 Å². The predicted molar refractivity (Wildman–Crippen MR) is 60.3 cm³/mol. The Morgan fingerprint density at radius 3 is 2.88 bits per heavy atom. The van der Waals surface area contributed by atoms with Crippen LogP contribution in [-0.4, -0.2) is 42.9 Å². The van der Waals surface area contributed by atoms with Gasteiger partial charge in [-0.2, -0.15) is 0 Å². The lowest BCUT2D eigenvalue weighted by Gasteiger charge is -2.41. The topological polar surface area (TPSA) is 38.8 Å². The van der Waals surface area contributed by atoms with E-state index in [4.69, 9.17) is 9.47 Å². The maximum Gasteiger partial charge on any atom is 0.410 e. The Kier molecular flexibility index (Phi) is 3.49. The molecule has 0 radical (unpaired) electrons. The molecule has 0 aromatic heterocycles. The van der Waals surface area contributed by atoms with E-state index in [0.717, 1.165) is 45.4 Å². The lowest BCUT2D eigenvalue weighted by atomic mass is 9.87. The number of hydrogen-bond acceptors (Lipinski definition) is 3. The number of rotatable bonds is 2. The second-order valence-corrected chi connectivity index (χ2v) is 4.49. The maximum atomic E-state index is 11.6. The van der Waals surface area contributed by atoms with Crippen molar-refractivity contribution >= 4 is 6.09 Å². The van der Waals surface area contributed by atoms with Gasteiger partial charge in [0.2, 0.25) is 0 Å². The third-order valence-corrected chi connectivity index (χ3v) is 3.45. The first kappa shape index (κ1) is 11.5. The molecule has 0 aliphatic carbocycles. The Hall–Kier alpha value is -1.03. The second kappa shape index (κ2) is 4.87. The van der Waals surface area contributed by atoms with Crippen molar-refractivity contribution in [1.29, 1.82) is 0 Å². The molecular formula is C12H19NO3. The normalized spacial score (nSPS) is 29.4. The van der Waals surface area contributed by atoms with Crippen LogP contribution in [0.3, 0.4) is 0 Å². The minimum atomic E-state index is -0.226. The van der Waals surface area contributed by atoms with E-state index in [1.165, 1.54) is 0 Å². The van der Waals surface area contributed by atoms with Gasteiger partial charge in [0.25, 0.3) is 0 Å². The lowest BCUT2D eigenvalue weighted by Crippen LogP contribution is -2.44. The lowest BCUT2D eigenvalue weighted by molar-refractivity contribution is -0.153. The molecule has 4 heteroatoms. The van der Waals surface area contributed by atoms with E-state index in [9.17, 15) is 4.79 Å². The van der Waals surface area contributed by atoms with Crippen LogP contribution in [0.25, 0.3) is 0 Å². The smallest absolute Gasteiger partial charge is 0.410 e. The first-order chi connectivity index (χ1) is 7.76. The standard InChI is InChI=1S/C12H19NO3/c1-2-9-15-11(14)13-7-3-4-12(5-8-13)6-10-16-12/h2H,1,3-10H2. The second-order valence-electron chi connectivity index (χ2n) is 4.49. The predicted octanol–water partition coefficient (Wildman–Crippen LogP) is 1.95. The van der Waals surface area contributed by atoms with Crippen LogP contribution >= 0.6 is 0 Å². The summed E-state index contributed by atoms with van der Waals surface area (Å²) in [5, 5.41) is 0. The van der Waals surface area contributed by atoms with Gasteiger partial charge in [-0.1, -0.05) is 12.7 Å². The molecule has 1 unspecified atom stereocenters. The first-order valence-electron chi connectivity index (χ1n) is 5.92. The quantitative estimate of drug-likeness (QED) is 0.674. The molecule has 4 nitrogen and oxygen atoms in total. The zero-order valence-electron chi connectivity index (χ0n) is 9.61. The monoisotopic (exact) mass is 225 g/mol. The SMILES string of the molecule is C=CCOC(=O)N1CCCC2(CCO2)CC1. The van der Waals surface area contributed by atoms with Crippen LogP contribution in [0.1, 0.15) is 25.7 Å². The molecule has 2 saturated heterocycles. The molecular weight excluding hydrogens is 206 g/mol. The highest BCUT2D eigenvalue weighted by Crippen LogP contribution is 2.36. The first-order valence-corrected chi connectivity index (χ1v) is 5.92. The van der Waals surface area contributed by atoms with E-state index in [0.29, 0.717) is 0 Å². The molecule has 2 heterocycles. The van der Waals surface area contributed by atoms with Crippen LogP contribution in [0.4, 0.5) is 4.79 Å². The molecule has 2 rings (SSSR count). The number of carbonyl (C=O) groups excluding carboxylic acids is 1. The molecule has 90 valence electrons. The molecule has 1 spiro atoms. The summed E-state index contributed by atoms with van der Waals surface area (Å²) < 4.78 is 10.7. The fraction of sp³-hybridized carbons (Fsp3) is 0.750. The molecule has 0 bridgehead atoms. The van der Waals surface area contributed by atoms with E-state index < -0.39 is 0 Å². The van der Waals surface area contributed by atoms with Gasteiger partial charge in [0, 0.05) is 13.1 Å². The molecule has 0 saturated carbocycles. The van der Waals surface area contributed by atoms with E-state index in [1.54, 1.807) is 11.0 Å². The minimum absolute atomic E-state index is 0.0769. The summed E-state index contributed by atoms with van der Waals surface area (Å²) in [5.41, 5.74) is 0.0769. The third kappa shape index (κ3) is 2.38. The summed E-state index contributed by atoms with van der Waals surface area (Å²) in [6, 6.07) is 0. The van der Waals surface area contributed by atoms with Gasteiger partial charge >= 0.3 is 6.09 Å². The van der Waals surface area contributed by atoms with Crippen LogP contribution in [0.5, 0.6) is 0 Å². The number of amides is 1. The zero-order chi connectivity index (χ0) is 11.4. The van der Waals surface area contributed by atoms with Crippen LogP contribution in [0.15, 0.2) is 12.7 Å². The number of likely N-dealkylation sites (tertiary alicyclic amines) is 1. The molecule has 16 heavy (non-hydrogen) atoms. The molecule has 0 aromatic rings. The van der Waals surface area contributed by atoms with Gasteiger partial charge in [0.05, 0.1) is 12.2 Å². The van der Waals surface area contributed by atoms with Crippen LogP contribution in [-0.2, 0) is 9.47 Å². The van der Waals surface area contributed by atoms with Crippen molar-refractivity contribution in [3.8, 4) is 0 Å². The zero-order valence-corrected chi connectivity index (χ0v) is 9.61. The summed E-state index contributed by atoms with van der Waals surface area (Å²) in [6.07, 6.45) is 5.52. The highest BCUT2D eigenvalue weighted by atomic mass is 16.6. The summed E-state index contributed by atoms with van der Waals surface area (Å²) in [4.78, 5) is 13.4. The van der Waals surface area contributed by atoms with Crippen molar-refractivity contribution in [2.75, 3.05) is 26.3 Å². The van der Waals surface area contributed by atoms with Crippen LogP contribution in [0.2, 0.25) is 0 Å². The van der Waals surface area contributed by atoms with Gasteiger partial charge in [-0.15, -0.1) is 0 Å². The Labute approximate surface area is 96.2 Å². The molecule has 1 atom stereocenters. The van der Waals surface area contributed by atoms with Crippen molar-refractivity contribution in [2.45, 2.75) is 31.3 Å². The Morgan fingerprint density at radius 1 is 1.44 bits per heavy atom. The fourth-order valence-electron chi connectivity index (χ4n) is 2.36. The summed E-state index contributed by atoms with van der Waals surface area (Å²) >= 11 is 0. The van der Waals surface area contributed by atoms with E-state index >= 15 is 0 Å². The number of ether oxygens (including phenoxy) is 2. The van der Waals surface area contributed by atoms with Crippen LogP contribution in [0, 0.1) is 0 Å². The fourth-order valence-corrected chi connectivity index (χ4v) is 2.36. The highest BCUT2D eigenvalue weighted by Gasteiger charge is 2.40. The van der Waals surface area contributed by atoms with Crippen molar-refractivity contribution in [1.82, 2.24) is 4.90 Å². The van der Waals surface area contributed by atoms with Crippen molar-refractivity contribution in [3.05, 3.63) is 12.7 Å². The molecule has 2 fully saturated rings.